The summed E-state index contributed by atoms with van der Waals surface area (Å²) in [5.74, 6) is 0. The largest absolute Gasteiger partial charge is 0.439 e. The molecule has 2 saturated heterocycles. The van der Waals surface area contributed by atoms with Gasteiger partial charge in [0.2, 0.25) is 0 Å². The molecule has 86 valence electrons. The minimum Gasteiger partial charge on any atom is -0.439 e. The van der Waals surface area contributed by atoms with Crippen LogP contribution in [-0.2, 0) is 4.74 Å². The van der Waals surface area contributed by atoms with E-state index < -0.39 is 0 Å². The molecule has 4 heteroatoms. The van der Waals surface area contributed by atoms with Gasteiger partial charge in [0.05, 0.1) is 6.54 Å². The molecular weight excluding hydrogens is 192 g/mol. The SMILES string of the molecule is CN1CCC2(C1)CN(C(C)(C)C)C(=O)O2. The number of rotatable bonds is 0. The average Bonchev–Trinajstić information content (AvgIpc) is 2.56. The predicted molar refractivity (Wildman–Crippen MR) is 57.8 cm³/mol. The fourth-order valence-electron chi connectivity index (χ4n) is 2.39. The van der Waals surface area contributed by atoms with Gasteiger partial charge in [-0.1, -0.05) is 0 Å². The third kappa shape index (κ3) is 1.83. The molecule has 0 N–H and O–H groups in total. The third-order valence-electron chi connectivity index (χ3n) is 3.29. The third-order valence-corrected chi connectivity index (χ3v) is 3.29. The van der Waals surface area contributed by atoms with Crippen LogP contribution in [0.5, 0.6) is 0 Å². The Morgan fingerprint density at radius 3 is 2.40 bits per heavy atom. The summed E-state index contributed by atoms with van der Waals surface area (Å²) in [6, 6.07) is 0. The highest BCUT2D eigenvalue weighted by Crippen LogP contribution is 2.34. The first-order valence-electron chi connectivity index (χ1n) is 5.52. The van der Waals surface area contributed by atoms with E-state index in [1.54, 1.807) is 0 Å². The van der Waals surface area contributed by atoms with E-state index in [2.05, 4.69) is 11.9 Å². The van der Waals surface area contributed by atoms with Crippen molar-refractivity contribution in [1.82, 2.24) is 9.80 Å². The van der Waals surface area contributed by atoms with Crippen molar-refractivity contribution in [2.24, 2.45) is 0 Å². The molecule has 1 amide bonds. The number of likely N-dealkylation sites (tertiary alicyclic amines) is 1. The molecule has 1 atom stereocenters. The van der Waals surface area contributed by atoms with Gasteiger partial charge in [-0.3, -0.25) is 4.90 Å². The lowest BCUT2D eigenvalue weighted by molar-refractivity contribution is 0.0653. The fraction of sp³-hybridized carbons (Fsp3) is 0.909. The molecule has 2 aliphatic heterocycles. The number of hydrogen-bond acceptors (Lipinski definition) is 3. The maximum Gasteiger partial charge on any atom is 0.411 e. The topological polar surface area (TPSA) is 32.8 Å². The van der Waals surface area contributed by atoms with E-state index in [-0.39, 0.29) is 17.2 Å². The van der Waals surface area contributed by atoms with Crippen LogP contribution in [0.4, 0.5) is 4.79 Å². The van der Waals surface area contributed by atoms with E-state index in [0.29, 0.717) is 0 Å². The summed E-state index contributed by atoms with van der Waals surface area (Å²) in [4.78, 5) is 15.8. The highest BCUT2D eigenvalue weighted by Gasteiger charge is 2.51. The summed E-state index contributed by atoms with van der Waals surface area (Å²) in [5.41, 5.74) is -0.374. The number of nitrogens with zero attached hydrogens (tertiary/aromatic N) is 2. The maximum atomic E-state index is 11.8. The lowest BCUT2D eigenvalue weighted by Gasteiger charge is -2.30. The van der Waals surface area contributed by atoms with Gasteiger partial charge >= 0.3 is 6.09 Å². The number of carbonyl (C=O) groups is 1. The number of hydrogen-bond donors (Lipinski definition) is 0. The van der Waals surface area contributed by atoms with E-state index in [9.17, 15) is 4.79 Å². The second kappa shape index (κ2) is 3.11. The van der Waals surface area contributed by atoms with Crippen LogP contribution in [0.25, 0.3) is 0 Å². The van der Waals surface area contributed by atoms with Crippen molar-refractivity contribution in [3.8, 4) is 0 Å². The van der Waals surface area contributed by atoms with E-state index in [0.717, 1.165) is 26.1 Å². The van der Waals surface area contributed by atoms with Crippen LogP contribution in [0.2, 0.25) is 0 Å². The van der Waals surface area contributed by atoms with E-state index >= 15 is 0 Å². The molecule has 0 saturated carbocycles. The highest BCUT2D eigenvalue weighted by atomic mass is 16.6. The summed E-state index contributed by atoms with van der Waals surface area (Å²) in [6.45, 7) is 8.76. The van der Waals surface area contributed by atoms with Gasteiger partial charge in [-0.25, -0.2) is 4.79 Å². The number of likely N-dealkylation sites (N-methyl/N-ethyl adjacent to an activating group) is 1. The zero-order valence-electron chi connectivity index (χ0n) is 10.0. The first-order valence-corrected chi connectivity index (χ1v) is 5.52. The van der Waals surface area contributed by atoms with Crippen LogP contribution in [0.1, 0.15) is 27.2 Å². The van der Waals surface area contributed by atoms with Crippen molar-refractivity contribution in [3.63, 3.8) is 0 Å². The minimum absolute atomic E-state index is 0.137. The van der Waals surface area contributed by atoms with Gasteiger partial charge in [0.15, 0.2) is 0 Å². The van der Waals surface area contributed by atoms with Crippen LogP contribution in [-0.4, -0.2) is 53.7 Å². The van der Waals surface area contributed by atoms with Gasteiger partial charge in [-0.05, 0) is 27.8 Å². The van der Waals surface area contributed by atoms with Crippen molar-refractivity contribution in [2.75, 3.05) is 26.7 Å². The van der Waals surface area contributed by atoms with Crippen LogP contribution < -0.4 is 0 Å². The molecule has 4 nitrogen and oxygen atoms in total. The second-order valence-electron chi connectivity index (χ2n) is 5.80. The molecule has 2 fully saturated rings. The summed E-state index contributed by atoms with van der Waals surface area (Å²) >= 11 is 0. The van der Waals surface area contributed by atoms with Gasteiger partial charge in [-0.2, -0.15) is 0 Å². The Morgan fingerprint density at radius 1 is 1.33 bits per heavy atom. The van der Waals surface area contributed by atoms with Crippen molar-refractivity contribution in [3.05, 3.63) is 0 Å². The molecule has 1 unspecified atom stereocenters. The lowest BCUT2D eigenvalue weighted by Crippen LogP contribution is -2.44. The molecule has 0 aromatic rings. The first kappa shape index (κ1) is 10.7. The van der Waals surface area contributed by atoms with Crippen LogP contribution in [0.3, 0.4) is 0 Å². The standard InChI is InChI=1S/C11H20N2O2/c1-10(2,3)13-8-11(15-9(13)14)5-6-12(4)7-11/h5-8H2,1-4H3. The molecule has 0 radical (unpaired) electrons. The molecular formula is C11H20N2O2. The van der Waals surface area contributed by atoms with Crippen LogP contribution >= 0.6 is 0 Å². The maximum absolute atomic E-state index is 11.8. The monoisotopic (exact) mass is 212 g/mol. The van der Waals surface area contributed by atoms with Crippen LogP contribution in [0, 0.1) is 0 Å². The van der Waals surface area contributed by atoms with Crippen molar-refractivity contribution >= 4 is 6.09 Å². The Labute approximate surface area is 91.2 Å². The highest BCUT2D eigenvalue weighted by molar-refractivity contribution is 5.71. The molecule has 0 bridgehead atoms. The normalized spacial score (nSPS) is 32.8. The molecule has 15 heavy (non-hydrogen) atoms. The summed E-state index contributed by atoms with van der Waals surface area (Å²) < 4.78 is 5.56. The first-order chi connectivity index (χ1) is 6.82. The minimum atomic E-state index is -0.237. The molecule has 1 spiro atoms. The van der Waals surface area contributed by atoms with Gasteiger partial charge in [0.1, 0.15) is 5.60 Å². The Bertz CT molecular complexity index is 285. The number of carbonyl (C=O) groups excluding carboxylic acids is 1. The summed E-state index contributed by atoms with van der Waals surface area (Å²) in [5, 5.41) is 0. The van der Waals surface area contributed by atoms with Gasteiger partial charge in [0.25, 0.3) is 0 Å². The Kier molecular flexibility index (Phi) is 2.23. The molecule has 2 aliphatic rings. The summed E-state index contributed by atoms with van der Waals surface area (Å²) in [6.07, 6.45) is 0.805. The van der Waals surface area contributed by atoms with Crippen molar-refractivity contribution in [1.29, 1.82) is 0 Å². The second-order valence-corrected chi connectivity index (χ2v) is 5.80. The van der Waals surface area contributed by atoms with E-state index in [1.165, 1.54) is 0 Å². The van der Waals surface area contributed by atoms with Gasteiger partial charge < -0.3 is 9.64 Å². The fourth-order valence-corrected chi connectivity index (χ4v) is 2.39. The molecule has 2 heterocycles. The number of amides is 1. The molecule has 0 aliphatic carbocycles. The van der Waals surface area contributed by atoms with Crippen molar-refractivity contribution in [2.45, 2.75) is 38.3 Å². The van der Waals surface area contributed by atoms with Crippen molar-refractivity contribution < 1.29 is 9.53 Å². The lowest BCUT2D eigenvalue weighted by atomic mass is 10.0. The molecule has 0 aromatic heterocycles. The van der Waals surface area contributed by atoms with Gasteiger partial charge in [0, 0.05) is 25.0 Å². The summed E-state index contributed by atoms with van der Waals surface area (Å²) in [7, 11) is 2.07. The smallest absolute Gasteiger partial charge is 0.411 e. The zero-order valence-corrected chi connectivity index (χ0v) is 10.0. The predicted octanol–water partition coefficient (Wildman–Crippen LogP) is 1.31. The Hall–Kier alpha value is -0.770. The van der Waals surface area contributed by atoms with E-state index in [1.807, 2.05) is 25.7 Å². The van der Waals surface area contributed by atoms with E-state index in [4.69, 9.17) is 4.74 Å². The molecule has 2 rings (SSSR count). The Morgan fingerprint density at radius 2 is 2.00 bits per heavy atom. The zero-order chi connectivity index (χ0) is 11.3. The van der Waals surface area contributed by atoms with Crippen LogP contribution in [0.15, 0.2) is 0 Å². The quantitative estimate of drug-likeness (QED) is 0.607. The molecule has 0 aromatic carbocycles. The number of ether oxygens (including phenoxy) is 1. The Balaban J connectivity index is 2.13. The van der Waals surface area contributed by atoms with Gasteiger partial charge in [-0.15, -0.1) is 0 Å². The average molecular weight is 212 g/mol.